The SMILES string of the molecule is CCc1ccc(NC(=O)OCC2(C(=O)NCc3ccccc3Cl)CCN(C(=O)C(C)(CO)CO)CC2)cc1. The minimum absolute atomic E-state index is 0.181. The zero-order chi connectivity index (χ0) is 27.8. The van der Waals surface area contributed by atoms with Crippen molar-refractivity contribution in [2.45, 2.75) is 39.7 Å². The Hall–Kier alpha value is -3.14. The molecule has 0 aromatic heterocycles. The number of carbonyl (C=O) groups is 3. The highest BCUT2D eigenvalue weighted by atomic mass is 35.5. The van der Waals surface area contributed by atoms with E-state index in [4.69, 9.17) is 16.3 Å². The maximum atomic E-state index is 13.5. The zero-order valence-corrected chi connectivity index (χ0v) is 22.6. The number of benzene rings is 2. The summed E-state index contributed by atoms with van der Waals surface area (Å²) in [5.41, 5.74) is 0.0860. The van der Waals surface area contributed by atoms with Crippen LogP contribution in [0.25, 0.3) is 0 Å². The first-order chi connectivity index (χ1) is 18.2. The molecule has 10 heteroatoms. The highest BCUT2D eigenvalue weighted by Gasteiger charge is 2.46. The number of carbonyl (C=O) groups excluding carboxylic acids is 3. The van der Waals surface area contributed by atoms with Gasteiger partial charge in [-0.05, 0) is 55.5 Å². The third-order valence-corrected chi connectivity index (χ3v) is 7.56. The van der Waals surface area contributed by atoms with Crippen molar-refractivity contribution in [3.05, 3.63) is 64.7 Å². The van der Waals surface area contributed by atoms with Gasteiger partial charge in [-0.1, -0.05) is 48.9 Å². The lowest BCUT2D eigenvalue weighted by Gasteiger charge is -2.42. The average Bonchev–Trinajstić information content (AvgIpc) is 2.95. The van der Waals surface area contributed by atoms with E-state index in [1.54, 1.807) is 24.3 Å². The molecule has 0 radical (unpaired) electrons. The van der Waals surface area contributed by atoms with Gasteiger partial charge in [-0.2, -0.15) is 0 Å². The fourth-order valence-corrected chi connectivity index (χ4v) is 4.53. The van der Waals surface area contributed by atoms with Gasteiger partial charge in [-0.25, -0.2) is 4.79 Å². The van der Waals surface area contributed by atoms with E-state index >= 15 is 0 Å². The first kappa shape index (κ1) is 29.4. The Morgan fingerprint density at radius 3 is 2.26 bits per heavy atom. The summed E-state index contributed by atoms with van der Waals surface area (Å²) in [5.74, 6) is -0.696. The summed E-state index contributed by atoms with van der Waals surface area (Å²) in [5, 5.41) is 25.4. The van der Waals surface area contributed by atoms with Gasteiger partial charge in [0.05, 0.1) is 24.0 Å². The molecule has 4 N–H and O–H groups in total. The number of aryl methyl sites for hydroxylation is 1. The number of rotatable bonds is 10. The van der Waals surface area contributed by atoms with E-state index in [2.05, 4.69) is 10.6 Å². The standard InChI is InChI=1S/C28H36ClN3O6/c1-3-20-8-10-22(11-9-20)31-26(37)38-19-28(24(35)30-16-21-6-4-5-7-23(21)29)12-14-32(15-13-28)25(36)27(2,17-33)18-34/h4-11,33-34H,3,12-19H2,1-2H3,(H,30,35)(H,31,37). The molecule has 9 nitrogen and oxygen atoms in total. The number of hydrogen-bond acceptors (Lipinski definition) is 6. The van der Waals surface area contributed by atoms with Gasteiger partial charge in [-0.15, -0.1) is 0 Å². The van der Waals surface area contributed by atoms with Crippen LogP contribution >= 0.6 is 11.6 Å². The first-order valence-corrected chi connectivity index (χ1v) is 13.1. The molecular formula is C28H36ClN3O6. The van der Waals surface area contributed by atoms with Gasteiger partial charge in [0.1, 0.15) is 6.61 Å². The van der Waals surface area contributed by atoms with Crippen LogP contribution in [0, 0.1) is 10.8 Å². The molecule has 206 valence electrons. The van der Waals surface area contributed by atoms with Crippen molar-refractivity contribution in [2.24, 2.45) is 10.8 Å². The number of likely N-dealkylation sites (tertiary alicyclic amines) is 1. The van der Waals surface area contributed by atoms with Crippen LogP contribution in [0.5, 0.6) is 0 Å². The van der Waals surface area contributed by atoms with Crippen molar-refractivity contribution in [2.75, 3.05) is 38.2 Å². The first-order valence-electron chi connectivity index (χ1n) is 12.7. The van der Waals surface area contributed by atoms with Gasteiger partial charge in [0.15, 0.2) is 0 Å². The minimum Gasteiger partial charge on any atom is -0.448 e. The number of hydrogen-bond donors (Lipinski definition) is 4. The van der Waals surface area contributed by atoms with Crippen molar-refractivity contribution in [1.29, 1.82) is 0 Å². The van der Waals surface area contributed by atoms with Gasteiger partial charge in [0, 0.05) is 30.3 Å². The fraction of sp³-hybridized carbons (Fsp3) is 0.464. The smallest absolute Gasteiger partial charge is 0.411 e. The van der Waals surface area contributed by atoms with E-state index in [1.807, 2.05) is 31.2 Å². The average molecular weight is 546 g/mol. The van der Waals surface area contributed by atoms with Gasteiger partial charge < -0.3 is 25.2 Å². The predicted octanol–water partition coefficient (Wildman–Crippen LogP) is 3.37. The molecule has 2 aromatic carbocycles. The summed E-state index contributed by atoms with van der Waals surface area (Å²) in [4.78, 5) is 40.5. The van der Waals surface area contributed by atoms with Crippen molar-refractivity contribution in [1.82, 2.24) is 10.2 Å². The highest BCUT2D eigenvalue weighted by molar-refractivity contribution is 6.31. The molecule has 0 aliphatic carbocycles. The van der Waals surface area contributed by atoms with Crippen LogP contribution in [0.1, 0.15) is 37.8 Å². The van der Waals surface area contributed by atoms with Crippen LogP contribution < -0.4 is 10.6 Å². The Morgan fingerprint density at radius 2 is 1.68 bits per heavy atom. The molecule has 0 unspecified atom stereocenters. The van der Waals surface area contributed by atoms with Crippen molar-refractivity contribution in [3.8, 4) is 0 Å². The van der Waals surface area contributed by atoms with Crippen molar-refractivity contribution in [3.63, 3.8) is 0 Å². The summed E-state index contributed by atoms with van der Waals surface area (Å²) < 4.78 is 5.53. The molecule has 0 spiro atoms. The third-order valence-electron chi connectivity index (χ3n) is 7.19. The number of nitrogens with one attached hydrogen (secondary N) is 2. The number of ether oxygens (including phenoxy) is 1. The summed E-state index contributed by atoms with van der Waals surface area (Å²) in [6.07, 6.45) is 0.669. The Morgan fingerprint density at radius 1 is 1.05 bits per heavy atom. The van der Waals surface area contributed by atoms with E-state index in [9.17, 15) is 24.6 Å². The Bertz CT molecular complexity index is 1110. The number of nitrogens with zero attached hydrogens (tertiary/aromatic N) is 1. The second kappa shape index (κ2) is 13.1. The molecule has 3 rings (SSSR count). The lowest BCUT2D eigenvalue weighted by atomic mass is 9.77. The van der Waals surface area contributed by atoms with Gasteiger partial charge in [0.25, 0.3) is 0 Å². The Balaban J connectivity index is 1.70. The van der Waals surface area contributed by atoms with Crippen LogP contribution in [0.2, 0.25) is 5.02 Å². The molecule has 2 aromatic rings. The summed E-state index contributed by atoms with van der Waals surface area (Å²) in [7, 11) is 0. The molecule has 3 amide bonds. The third kappa shape index (κ3) is 7.03. The monoisotopic (exact) mass is 545 g/mol. The zero-order valence-electron chi connectivity index (χ0n) is 21.8. The molecule has 1 aliphatic rings. The maximum absolute atomic E-state index is 13.5. The second-order valence-electron chi connectivity index (χ2n) is 9.98. The van der Waals surface area contributed by atoms with Crippen molar-refractivity contribution >= 4 is 35.2 Å². The second-order valence-corrected chi connectivity index (χ2v) is 10.4. The molecule has 0 atom stereocenters. The number of aliphatic hydroxyl groups excluding tert-OH is 2. The molecular weight excluding hydrogens is 510 g/mol. The maximum Gasteiger partial charge on any atom is 0.411 e. The molecule has 1 fully saturated rings. The number of piperidine rings is 1. The number of anilines is 1. The van der Waals surface area contributed by atoms with E-state index < -0.39 is 30.1 Å². The molecule has 0 saturated carbocycles. The van der Waals surface area contributed by atoms with Crippen molar-refractivity contribution < 1.29 is 29.3 Å². The van der Waals surface area contributed by atoms with Crippen LogP contribution in [0.4, 0.5) is 10.5 Å². The number of amides is 3. The van der Waals surface area contributed by atoms with Gasteiger partial charge >= 0.3 is 6.09 Å². The van der Waals surface area contributed by atoms with Crippen LogP contribution in [-0.2, 0) is 27.3 Å². The summed E-state index contributed by atoms with van der Waals surface area (Å²) in [6.45, 7) is 2.98. The number of halogens is 1. The number of aliphatic hydroxyl groups is 2. The van der Waals surface area contributed by atoms with E-state index in [0.717, 1.165) is 17.5 Å². The predicted molar refractivity (Wildman–Crippen MR) is 145 cm³/mol. The Kier molecular flexibility index (Phi) is 10.1. The van der Waals surface area contributed by atoms with Gasteiger partial charge in [-0.3, -0.25) is 14.9 Å². The van der Waals surface area contributed by atoms with Crippen LogP contribution in [0.15, 0.2) is 48.5 Å². The fourth-order valence-electron chi connectivity index (χ4n) is 4.33. The highest BCUT2D eigenvalue weighted by Crippen LogP contribution is 2.34. The molecule has 1 heterocycles. The summed E-state index contributed by atoms with van der Waals surface area (Å²) >= 11 is 6.24. The molecule has 0 bridgehead atoms. The van der Waals surface area contributed by atoms with E-state index in [1.165, 1.54) is 11.8 Å². The van der Waals surface area contributed by atoms with Crippen LogP contribution in [0.3, 0.4) is 0 Å². The largest absolute Gasteiger partial charge is 0.448 e. The normalized spacial score (nSPS) is 15.0. The lowest BCUT2D eigenvalue weighted by molar-refractivity contribution is -0.152. The van der Waals surface area contributed by atoms with E-state index in [-0.39, 0.29) is 50.9 Å². The molecule has 38 heavy (non-hydrogen) atoms. The molecule has 1 aliphatic heterocycles. The Labute approximate surface area is 228 Å². The van der Waals surface area contributed by atoms with Gasteiger partial charge in [0.2, 0.25) is 11.8 Å². The summed E-state index contributed by atoms with van der Waals surface area (Å²) in [6, 6.07) is 14.6. The topological polar surface area (TPSA) is 128 Å². The molecule has 1 saturated heterocycles. The minimum atomic E-state index is -1.31. The lowest BCUT2D eigenvalue weighted by Crippen LogP contribution is -2.55. The quantitative estimate of drug-likeness (QED) is 0.362. The van der Waals surface area contributed by atoms with Crippen LogP contribution in [-0.4, -0.2) is 65.9 Å². The van der Waals surface area contributed by atoms with E-state index in [0.29, 0.717) is 10.7 Å².